The first kappa shape index (κ1) is 12.4. The fourth-order valence-electron chi connectivity index (χ4n) is 1.68. The second kappa shape index (κ2) is 5.06. The van der Waals surface area contributed by atoms with Crippen molar-refractivity contribution >= 4 is 17.2 Å². The van der Waals surface area contributed by atoms with Crippen LogP contribution in [0, 0.1) is 6.92 Å². The van der Waals surface area contributed by atoms with E-state index >= 15 is 0 Å². The lowest BCUT2D eigenvalue weighted by atomic mass is 10.1. The van der Waals surface area contributed by atoms with Crippen molar-refractivity contribution in [2.75, 3.05) is 11.1 Å². The van der Waals surface area contributed by atoms with Crippen molar-refractivity contribution in [3.63, 3.8) is 0 Å². The van der Waals surface area contributed by atoms with Crippen LogP contribution in [-0.2, 0) is 0 Å². The van der Waals surface area contributed by atoms with Gasteiger partial charge in [-0.1, -0.05) is 12.1 Å². The second-order valence-corrected chi connectivity index (χ2v) is 4.37. The van der Waals surface area contributed by atoms with E-state index in [2.05, 4.69) is 10.3 Å². The molecule has 1 heterocycles. The van der Waals surface area contributed by atoms with E-state index in [1.165, 1.54) is 0 Å². The van der Waals surface area contributed by atoms with E-state index in [9.17, 15) is 5.11 Å². The summed E-state index contributed by atoms with van der Waals surface area (Å²) in [7, 11) is 0. The number of aryl methyl sites for hydroxylation is 1. The lowest BCUT2D eigenvalue weighted by molar-refractivity contribution is 0.199. The van der Waals surface area contributed by atoms with Gasteiger partial charge in [0.15, 0.2) is 5.82 Å². The van der Waals surface area contributed by atoms with Gasteiger partial charge in [0, 0.05) is 11.9 Å². The molecule has 0 radical (unpaired) electrons. The Labute approximate surface area is 106 Å². The highest BCUT2D eigenvalue weighted by molar-refractivity contribution is 5.68. The van der Waals surface area contributed by atoms with E-state index < -0.39 is 6.10 Å². The van der Waals surface area contributed by atoms with Crippen LogP contribution < -0.4 is 11.1 Å². The second-order valence-electron chi connectivity index (χ2n) is 4.37. The first-order chi connectivity index (χ1) is 8.56. The number of aliphatic hydroxyl groups excluding tert-OH is 1. The van der Waals surface area contributed by atoms with E-state index in [0.717, 1.165) is 16.8 Å². The average Bonchev–Trinajstić information content (AvgIpc) is 2.33. The molecule has 0 fully saturated rings. The predicted molar refractivity (Wildman–Crippen MR) is 73.7 cm³/mol. The van der Waals surface area contributed by atoms with Crippen molar-refractivity contribution in [2.45, 2.75) is 20.0 Å². The molecular weight excluding hydrogens is 226 g/mol. The van der Waals surface area contributed by atoms with Crippen LogP contribution in [-0.4, -0.2) is 10.1 Å². The van der Waals surface area contributed by atoms with Crippen molar-refractivity contribution < 1.29 is 5.11 Å². The number of hydrogen-bond donors (Lipinski definition) is 3. The molecule has 1 unspecified atom stereocenters. The molecule has 0 saturated heterocycles. The molecule has 0 spiro atoms. The van der Waals surface area contributed by atoms with Crippen LogP contribution >= 0.6 is 0 Å². The highest BCUT2D eigenvalue weighted by Gasteiger charge is 2.03. The summed E-state index contributed by atoms with van der Waals surface area (Å²) in [5.74, 6) is 0.644. The zero-order valence-corrected chi connectivity index (χ0v) is 10.5. The maximum absolute atomic E-state index is 9.43. The van der Waals surface area contributed by atoms with Crippen molar-refractivity contribution in [1.82, 2.24) is 4.98 Å². The van der Waals surface area contributed by atoms with E-state index in [1.54, 1.807) is 13.1 Å². The van der Waals surface area contributed by atoms with Gasteiger partial charge >= 0.3 is 0 Å². The molecule has 0 aliphatic heterocycles. The number of nitrogens with zero attached hydrogens (tertiary/aromatic N) is 1. The number of rotatable bonds is 3. The molecule has 1 aromatic carbocycles. The number of aromatic nitrogens is 1. The summed E-state index contributed by atoms with van der Waals surface area (Å²) in [6.45, 7) is 3.69. The number of nitrogens with two attached hydrogens (primary N) is 1. The van der Waals surface area contributed by atoms with Crippen molar-refractivity contribution in [1.29, 1.82) is 0 Å². The van der Waals surface area contributed by atoms with E-state index in [0.29, 0.717) is 11.5 Å². The Hall–Kier alpha value is -2.07. The number of anilines is 3. The van der Waals surface area contributed by atoms with E-state index in [1.807, 2.05) is 37.3 Å². The largest absolute Gasteiger partial charge is 0.396 e. The van der Waals surface area contributed by atoms with Gasteiger partial charge in [-0.3, -0.25) is 0 Å². The summed E-state index contributed by atoms with van der Waals surface area (Å²) in [6.07, 6.45) is 1.31. The van der Waals surface area contributed by atoms with Gasteiger partial charge in [0.1, 0.15) is 0 Å². The van der Waals surface area contributed by atoms with E-state index in [-0.39, 0.29) is 0 Å². The molecule has 4 N–H and O–H groups in total. The van der Waals surface area contributed by atoms with Crippen LogP contribution in [0.15, 0.2) is 36.5 Å². The number of nitrogen functional groups attached to an aromatic ring is 1. The third kappa shape index (κ3) is 2.78. The third-order valence-corrected chi connectivity index (χ3v) is 2.71. The smallest absolute Gasteiger partial charge is 0.153 e. The Morgan fingerprint density at radius 3 is 2.50 bits per heavy atom. The molecule has 0 aliphatic rings. The Morgan fingerprint density at radius 1 is 1.28 bits per heavy atom. The minimum atomic E-state index is -0.457. The maximum atomic E-state index is 9.43. The van der Waals surface area contributed by atoms with Gasteiger partial charge in [-0.15, -0.1) is 0 Å². The lowest BCUT2D eigenvalue weighted by Crippen LogP contribution is -2.00. The highest BCUT2D eigenvalue weighted by atomic mass is 16.3. The Morgan fingerprint density at radius 2 is 1.94 bits per heavy atom. The number of aliphatic hydroxyl groups is 1. The molecule has 4 heteroatoms. The van der Waals surface area contributed by atoms with Crippen LogP contribution in [0.25, 0.3) is 0 Å². The molecule has 0 saturated carbocycles. The van der Waals surface area contributed by atoms with Gasteiger partial charge in [0.05, 0.1) is 11.8 Å². The molecule has 2 rings (SSSR count). The first-order valence-electron chi connectivity index (χ1n) is 5.83. The fourth-order valence-corrected chi connectivity index (χ4v) is 1.68. The molecule has 0 bridgehead atoms. The molecule has 1 atom stereocenters. The summed E-state index contributed by atoms with van der Waals surface area (Å²) in [4.78, 5) is 4.25. The van der Waals surface area contributed by atoms with Gasteiger partial charge in [0.2, 0.25) is 0 Å². The van der Waals surface area contributed by atoms with Crippen LogP contribution in [0.4, 0.5) is 17.2 Å². The number of benzene rings is 1. The number of hydrogen-bond acceptors (Lipinski definition) is 4. The van der Waals surface area contributed by atoms with Crippen LogP contribution in [0.1, 0.15) is 24.2 Å². The standard InChI is InChI=1S/C14H17N3O/c1-9-7-13(15)14(16-8-9)17-12-5-3-11(4-6-12)10(2)18/h3-8,10,18H,15H2,1-2H3,(H,16,17). The molecule has 0 aliphatic carbocycles. The van der Waals surface area contributed by atoms with Gasteiger partial charge in [-0.25, -0.2) is 4.98 Å². The van der Waals surface area contributed by atoms with Crippen LogP contribution in [0.2, 0.25) is 0 Å². The topological polar surface area (TPSA) is 71.2 Å². The van der Waals surface area contributed by atoms with Gasteiger partial charge in [0.25, 0.3) is 0 Å². The Balaban J connectivity index is 2.18. The fraction of sp³-hybridized carbons (Fsp3) is 0.214. The van der Waals surface area contributed by atoms with E-state index in [4.69, 9.17) is 5.73 Å². The summed E-state index contributed by atoms with van der Waals surface area (Å²) < 4.78 is 0. The summed E-state index contributed by atoms with van der Waals surface area (Å²) in [5, 5.41) is 12.6. The first-order valence-corrected chi connectivity index (χ1v) is 5.83. The Kier molecular flexibility index (Phi) is 3.48. The monoisotopic (exact) mass is 243 g/mol. The van der Waals surface area contributed by atoms with Gasteiger partial charge < -0.3 is 16.2 Å². The van der Waals surface area contributed by atoms with Gasteiger partial charge in [-0.05, 0) is 43.2 Å². The molecule has 1 aromatic heterocycles. The SMILES string of the molecule is Cc1cnc(Nc2ccc(C(C)O)cc2)c(N)c1. The third-order valence-electron chi connectivity index (χ3n) is 2.71. The molecular formula is C14H17N3O. The maximum Gasteiger partial charge on any atom is 0.153 e. The molecule has 2 aromatic rings. The average molecular weight is 243 g/mol. The quantitative estimate of drug-likeness (QED) is 0.775. The highest BCUT2D eigenvalue weighted by Crippen LogP contribution is 2.22. The Bertz CT molecular complexity index is 535. The minimum absolute atomic E-state index is 0.457. The summed E-state index contributed by atoms with van der Waals surface area (Å²) in [6, 6.07) is 9.40. The lowest BCUT2D eigenvalue weighted by Gasteiger charge is -2.10. The number of pyridine rings is 1. The van der Waals surface area contributed by atoms with Crippen LogP contribution in [0.3, 0.4) is 0 Å². The zero-order chi connectivity index (χ0) is 13.1. The van der Waals surface area contributed by atoms with Gasteiger partial charge in [-0.2, -0.15) is 0 Å². The van der Waals surface area contributed by atoms with Crippen molar-refractivity contribution in [3.05, 3.63) is 47.7 Å². The van der Waals surface area contributed by atoms with Crippen LogP contribution in [0.5, 0.6) is 0 Å². The van der Waals surface area contributed by atoms with Crippen molar-refractivity contribution in [3.8, 4) is 0 Å². The summed E-state index contributed by atoms with van der Waals surface area (Å²) >= 11 is 0. The molecule has 4 nitrogen and oxygen atoms in total. The molecule has 94 valence electrons. The molecule has 18 heavy (non-hydrogen) atoms. The number of nitrogens with one attached hydrogen (secondary N) is 1. The van der Waals surface area contributed by atoms with Crippen molar-refractivity contribution in [2.24, 2.45) is 0 Å². The summed E-state index contributed by atoms with van der Waals surface area (Å²) in [5.41, 5.74) is 9.30. The normalized spacial score (nSPS) is 12.2. The predicted octanol–water partition coefficient (Wildman–Crippen LogP) is 2.77. The zero-order valence-electron chi connectivity index (χ0n) is 10.5. The molecule has 0 amide bonds. The minimum Gasteiger partial charge on any atom is -0.396 e.